The first-order chi connectivity index (χ1) is 17.2. The summed E-state index contributed by atoms with van der Waals surface area (Å²) >= 11 is 0. The number of carbonyl (C=O) groups is 1. The molecule has 1 atom stereocenters. The van der Waals surface area contributed by atoms with Crippen molar-refractivity contribution in [3.8, 4) is 5.75 Å². The van der Waals surface area contributed by atoms with Gasteiger partial charge in [-0.15, -0.1) is 0 Å². The van der Waals surface area contributed by atoms with Gasteiger partial charge >= 0.3 is 12.1 Å². The van der Waals surface area contributed by atoms with Crippen molar-refractivity contribution < 1.29 is 27.8 Å². The predicted octanol–water partition coefficient (Wildman–Crippen LogP) is 7.37. The SMILES string of the molecule is CC[C@H]1CC[C@@H](Oc2ccc3cc(CCC[C@]4(CC(=O)O)CCCNC4)ccc3c2C(F)(F)F)CC1. The summed E-state index contributed by atoms with van der Waals surface area (Å²) in [6.45, 7) is 3.78. The van der Waals surface area contributed by atoms with Crippen LogP contribution in [0.1, 0.15) is 82.3 Å². The summed E-state index contributed by atoms with van der Waals surface area (Å²) in [6.07, 6.45) is 4.33. The molecule has 1 heterocycles. The number of hydrogen-bond donors (Lipinski definition) is 2. The largest absolute Gasteiger partial charge is 0.490 e. The number of rotatable bonds is 9. The second-order valence-corrected chi connectivity index (χ2v) is 10.9. The van der Waals surface area contributed by atoms with Crippen molar-refractivity contribution in [2.75, 3.05) is 13.1 Å². The van der Waals surface area contributed by atoms with Crippen LogP contribution in [-0.2, 0) is 17.4 Å². The van der Waals surface area contributed by atoms with Crippen LogP contribution in [-0.4, -0.2) is 30.3 Å². The highest BCUT2D eigenvalue weighted by Gasteiger charge is 2.38. The third kappa shape index (κ3) is 6.53. The molecular weight excluding hydrogens is 467 g/mol. The van der Waals surface area contributed by atoms with Crippen LogP contribution >= 0.6 is 0 Å². The molecule has 2 aliphatic rings. The minimum absolute atomic E-state index is 0.0666. The summed E-state index contributed by atoms with van der Waals surface area (Å²) in [4.78, 5) is 11.4. The van der Waals surface area contributed by atoms with Gasteiger partial charge in [-0.2, -0.15) is 13.2 Å². The number of alkyl halides is 3. The predicted molar refractivity (Wildman–Crippen MR) is 135 cm³/mol. The lowest BCUT2D eigenvalue weighted by molar-refractivity contribution is -0.140. The molecular formula is C29H38F3NO3. The number of carboxylic acids is 1. The van der Waals surface area contributed by atoms with Crippen LogP contribution in [0.25, 0.3) is 10.8 Å². The normalized spacial score (nSPS) is 25.1. The van der Waals surface area contributed by atoms with Gasteiger partial charge in [-0.3, -0.25) is 4.79 Å². The summed E-state index contributed by atoms with van der Waals surface area (Å²) < 4.78 is 48.5. The van der Waals surface area contributed by atoms with Crippen LogP contribution in [0.15, 0.2) is 30.3 Å². The topological polar surface area (TPSA) is 58.6 Å². The summed E-state index contributed by atoms with van der Waals surface area (Å²) in [6, 6.07) is 8.40. The van der Waals surface area contributed by atoms with Crippen LogP contribution in [0.3, 0.4) is 0 Å². The van der Waals surface area contributed by atoms with Gasteiger partial charge in [0.2, 0.25) is 0 Å². The highest BCUT2D eigenvalue weighted by molar-refractivity contribution is 5.89. The molecule has 2 aromatic rings. The van der Waals surface area contributed by atoms with Gasteiger partial charge in [-0.25, -0.2) is 0 Å². The Hall–Kier alpha value is -2.28. The summed E-state index contributed by atoms with van der Waals surface area (Å²) in [5.41, 5.74) is 0.0432. The molecule has 2 N–H and O–H groups in total. The number of carboxylic acid groups (broad SMARTS) is 1. The van der Waals surface area contributed by atoms with Gasteiger partial charge in [0.05, 0.1) is 12.5 Å². The van der Waals surface area contributed by atoms with Crippen LogP contribution < -0.4 is 10.1 Å². The van der Waals surface area contributed by atoms with E-state index < -0.39 is 17.7 Å². The van der Waals surface area contributed by atoms with Crippen molar-refractivity contribution >= 4 is 16.7 Å². The molecule has 4 rings (SSSR count). The van der Waals surface area contributed by atoms with Crippen molar-refractivity contribution in [3.63, 3.8) is 0 Å². The molecule has 0 bridgehead atoms. The molecule has 2 fully saturated rings. The number of halogens is 3. The number of fused-ring (bicyclic) bond motifs is 1. The Morgan fingerprint density at radius 2 is 1.94 bits per heavy atom. The fraction of sp³-hybridized carbons (Fsp3) is 0.621. The molecule has 1 aliphatic heterocycles. The lowest BCUT2D eigenvalue weighted by Gasteiger charge is -2.36. The minimum atomic E-state index is -4.51. The van der Waals surface area contributed by atoms with Crippen LogP contribution in [0.2, 0.25) is 0 Å². The van der Waals surface area contributed by atoms with E-state index in [4.69, 9.17) is 4.74 Å². The quantitative estimate of drug-likeness (QED) is 0.373. The van der Waals surface area contributed by atoms with E-state index in [1.54, 1.807) is 18.2 Å². The fourth-order valence-electron chi connectivity index (χ4n) is 6.21. The third-order valence-electron chi connectivity index (χ3n) is 8.25. The molecule has 7 heteroatoms. The van der Waals surface area contributed by atoms with E-state index in [1.165, 1.54) is 6.07 Å². The first-order valence-corrected chi connectivity index (χ1v) is 13.4. The van der Waals surface area contributed by atoms with Crippen molar-refractivity contribution in [2.24, 2.45) is 11.3 Å². The van der Waals surface area contributed by atoms with E-state index in [-0.39, 0.29) is 29.1 Å². The number of aryl methyl sites for hydroxylation is 1. The maximum Gasteiger partial charge on any atom is 0.420 e. The summed E-state index contributed by atoms with van der Waals surface area (Å²) in [7, 11) is 0. The average molecular weight is 506 g/mol. The van der Waals surface area contributed by atoms with Gasteiger partial charge in [-0.1, -0.05) is 37.6 Å². The Morgan fingerprint density at radius 1 is 1.17 bits per heavy atom. The molecule has 2 aromatic carbocycles. The van der Waals surface area contributed by atoms with Gasteiger partial charge < -0.3 is 15.2 Å². The van der Waals surface area contributed by atoms with E-state index in [2.05, 4.69) is 12.2 Å². The Morgan fingerprint density at radius 3 is 2.58 bits per heavy atom. The van der Waals surface area contributed by atoms with Crippen LogP contribution in [0.5, 0.6) is 5.75 Å². The molecule has 0 spiro atoms. The zero-order valence-electron chi connectivity index (χ0n) is 21.1. The first kappa shape index (κ1) is 26.8. The molecule has 198 valence electrons. The highest BCUT2D eigenvalue weighted by Crippen LogP contribution is 2.43. The maximum absolute atomic E-state index is 14.2. The monoisotopic (exact) mass is 505 g/mol. The molecule has 36 heavy (non-hydrogen) atoms. The molecule has 0 amide bonds. The number of hydrogen-bond acceptors (Lipinski definition) is 3. The number of piperidine rings is 1. The van der Waals surface area contributed by atoms with E-state index in [0.717, 1.165) is 69.9 Å². The molecule has 4 nitrogen and oxygen atoms in total. The number of aliphatic carboxylic acids is 1. The second kappa shape index (κ2) is 11.4. The van der Waals surface area contributed by atoms with E-state index in [1.807, 2.05) is 6.07 Å². The third-order valence-corrected chi connectivity index (χ3v) is 8.25. The summed E-state index contributed by atoms with van der Waals surface area (Å²) in [5.74, 6) is -0.195. The van der Waals surface area contributed by atoms with Crippen molar-refractivity contribution in [1.82, 2.24) is 5.32 Å². The zero-order chi connectivity index (χ0) is 25.8. The van der Waals surface area contributed by atoms with E-state index in [9.17, 15) is 23.1 Å². The molecule has 1 aliphatic carbocycles. The van der Waals surface area contributed by atoms with Gasteiger partial charge in [0, 0.05) is 6.54 Å². The van der Waals surface area contributed by atoms with E-state index in [0.29, 0.717) is 24.3 Å². The number of ether oxygens (including phenoxy) is 1. The molecule has 0 radical (unpaired) electrons. The van der Waals surface area contributed by atoms with Crippen molar-refractivity contribution in [3.05, 3.63) is 41.5 Å². The standard InChI is InChI=1S/C29H38F3NO3/c1-2-20-6-10-23(11-7-20)36-25-13-9-22-17-21(8-12-24(22)27(25)29(30,31)32)5-3-14-28(18-26(34)35)15-4-16-33-19-28/h8-9,12-13,17,20,23,33H,2-7,10-11,14-16,18-19H2,1H3,(H,34,35)/t20-,23+,28-/m1/s1. The highest BCUT2D eigenvalue weighted by atomic mass is 19.4. The summed E-state index contributed by atoms with van der Waals surface area (Å²) in [5, 5.41) is 13.4. The molecule has 1 saturated heterocycles. The molecule has 0 unspecified atom stereocenters. The number of nitrogens with one attached hydrogen (secondary N) is 1. The maximum atomic E-state index is 14.2. The lowest BCUT2D eigenvalue weighted by Crippen LogP contribution is -2.41. The van der Waals surface area contributed by atoms with Crippen molar-refractivity contribution in [1.29, 1.82) is 0 Å². The van der Waals surface area contributed by atoms with Crippen molar-refractivity contribution in [2.45, 2.75) is 89.8 Å². The van der Waals surface area contributed by atoms with Crippen LogP contribution in [0, 0.1) is 11.3 Å². The Balaban J connectivity index is 1.49. The minimum Gasteiger partial charge on any atom is -0.490 e. The fourth-order valence-corrected chi connectivity index (χ4v) is 6.21. The van der Waals surface area contributed by atoms with Gasteiger partial charge in [-0.05, 0) is 98.1 Å². The van der Waals surface area contributed by atoms with Gasteiger partial charge in [0.25, 0.3) is 0 Å². The number of benzene rings is 2. The Kier molecular flexibility index (Phi) is 8.48. The molecule has 0 aromatic heterocycles. The first-order valence-electron chi connectivity index (χ1n) is 13.4. The second-order valence-electron chi connectivity index (χ2n) is 10.9. The van der Waals surface area contributed by atoms with Gasteiger partial charge in [0.15, 0.2) is 0 Å². The van der Waals surface area contributed by atoms with Crippen LogP contribution in [0.4, 0.5) is 13.2 Å². The Labute approximate surface area is 211 Å². The average Bonchev–Trinajstić information content (AvgIpc) is 2.84. The van der Waals surface area contributed by atoms with Gasteiger partial charge in [0.1, 0.15) is 11.3 Å². The molecule has 1 saturated carbocycles. The smallest absolute Gasteiger partial charge is 0.420 e. The zero-order valence-corrected chi connectivity index (χ0v) is 21.1. The lowest BCUT2D eigenvalue weighted by atomic mass is 9.74. The Bertz CT molecular complexity index is 1040. The van der Waals surface area contributed by atoms with E-state index >= 15 is 0 Å².